The molecule has 106 valence electrons. The van der Waals surface area contributed by atoms with Gasteiger partial charge in [0.15, 0.2) is 0 Å². The van der Waals surface area contributed by atoms with Crippen LogP contribution >= 0.6 is 11.6 Å². The molecule has 3 N–H and O–H groups in total. The highest BCUT2D eigenvalue weighted by Crippen LogP contribution is 2.22. The number of carbonyl (C=O) groups is 1. The molecule has 5 nitrogen and oxygen atoms in total. The van der Waals surface area contributed by atoms with Crippen LogP contribution in [0.4, 0.5) is 0 Å². The summed E-state index contributed by atoms with van der Waals surface area (Å²) < 4.78 is 5.14. The van der Waals surface area contributed by atoms with E-state index >= 15 is 0 Å². The van der Waals surface area contributed by atoms with Gasteiger partial charge in [-0.25, -0.2) is 0 Å². The van der Waals surface area contributed by atoms with Crippen molar-refractivity contribution in [1.29, 1.82) is 0 Å². The van der Waals surface area contributed by atoms with Crippen molar-refractivity contribution >= 4 is 17.5 Å². The molecule has 19 heavy (non-hydrogen) atoms. The average Bonchev–Trinajstić information content (AvgIpc) is 2.37. The minimum absolute atomic E-state index is 0.0226. The summed E-state index contributed by atoms with van der Waals surface area (Å²) in [6.45, 7) is 0.992. The van der Waals surface area contributed by atoms with Crippen LogP contribution in [-0.4, -0.2) is 42.0 Å². The van der Waals surface area contributed by atoms with Gasteiger partial charge in [0.1, 0.15) is 11.4 Å². The van der Waals surface area contributed by atoms with Crippen LogP contribution in [0.5, 0.6) is 5.75 Å². The summed E-state index contributed by atoms with van der Waals surface area (Å²) in [5, 5.41) is 21.5. The fourth-order valence-electron chi connectivity index (χ4n) is 1.47. The Bertz CT molecular complexity index is 448. The lowest BCUT2D eigenvalue weighted by molar-refractivity contribution is -0.122. The number of ether oxygens (including phenoxy) is 1. The molecule has 0 fully saturated rings. The van der Waals surface area contributed by atoms with Gasteiger partial charge in [-0.3, -0.25) is 4.79 Å². The fourth-order valence-corrected chi connectivity index (χ4v) is 1.66. The molecule has 0 aliphatic rings. The van der Waals surface area contributed by atoms with E-state index in [0.717, 1.165) is 0 Å². The van der Waals surface area contributed by atoms with Crippen molar-refractivity contribution in [3.8, 4) is 5.75 Å². The topological polar surface area (TPSA) is 78.8 Å². The number of carbonyl (C=O) groups excluding carboxylic acids is 1. The van der Waals surface area contributed by atoms with Crippen molar-refractivity contribution in [2.45, 2.75) is 18.9 Å². The van der Waals surface area contributed by atoms with Gasteiger partial charge < -0.3 is 20.3 Å². The molecule has 1 unspecified atom stereocenters. The minimum Gasteiger partial charge on any atom is -0.496 e. The Morgan fingerprint density at radius 2 is 2.21 bits per heavy atom. The van der Waals surface area contributed by atoms with Crippen molar-refractivity contribution < 1.29 is 19.7 Å². The fraction of sp³-hybridized carbons (Fsp3) is 0.462. The lowest BCUT2D eigenvalue weighted by Gasteiger charge is -2.20. The summed E-state index contributed by atoms with van der Waals surface area (Å²) >= 11 is 5.87. The molecule has 6 heteroatoms. The van der Waals surface area contributed by atoms with Crippen LogP contribution in [-0.2, 0) is 11.2 Å². The molecule has 1 amide bonds. The molecule has 0 aliphatic heterocycles. The highest BCUT2D eigenvalue weighted by Gasteiger charge is 2.20. The van der Waals surface area contributed by atoms with E-state index in [2.05, 4.69) is 5.32 Å². The molecule has 0 bridgehead atoms. The summed E-state index contributed by atoms with van der Waals surface area (Å²) in [4.78, 5) is 11.8. The predicted octanol–water partition coefficient (Wildman–Crippen LogP) is 0.751. The lowest BCUT2D eigenvalue weighted by Crippen LogP contribution is -2.43. The zero-order valence-electron chi connectivity index (χ0n) is 10.9. The van der Waals surface area contributed by atoms with Crippen molar-refractivity contribution in [2.75, 3.05) is 20.3 Å². The molecular weight excluding hydrogens is 270 g/mol. The SMILES string of the molecule is COc1ccc(Cl)cc1CC(=O)NCC(C)(O)CO. The maximum atomic E-state index is 11.8. The number of hydrogen-bond acceptors (Lipinski definition) is 4. The normalized spacial score (nSPS) is 13.7. The number of rotatable bonds is 6. The van der Waals surface area contributed by atoms with Gasteiger partial charge >= 0.3 is 0 Å². The largest absolute Gasteiger partial charge is 0.496 e. The second kappa shape index (κ2) is 6.75. The average molecular weight is 288 g/mol. The maximum absolute atomic E-state index is 11.8. The maximum Gasteiger partial charge on any atom is 0.224 e. The van der Waals surface area contributed by atoms with Crippen LogP contribution in [0.15, 0.2) is 18.2 Å². The van der Waals surface area contributed by atoms with Gasteiger partial charge in [0, 0.05) is 17.1 Å². The number of amides is 1. The third kappa shape index (κ3) is 5.06. The molecule has 0 spiro atoms. The van der Waals surface area contributed by atoms with Crippen molar-refractivity contribution in [1.82, 2.24) is 5.32 Å². The van der Waals surface area contributed by atoms with Gasteiger partial charge in [0.05, 0.1) is 20.1 Å². The summed E-state index contributed by atoms with van der Waals surface area (Å²) in [6.07, 6.45) is 0.0885. The van der Waals surface area contributed by atoms with E-state index < -0.39 is 12.2 Å². The molecule has 1 atom stereocenters. The first-order valence-corrected chi connectivity index (χ1v) is 6.18. The Hall–Kier alpha value is -1.30. The molecule has 0 heterocycles. The number of halogens is 1. The third-order valence-electron chi connectivity index (χ3n) is 2.60. The van der Waals surface area contributed by atoms with Gasteiger partial charge in [-0.05, 0) is 25.1 Å². The summed E-state index contributed by atoms with van der Waals surface area (Å²) in [7, 11) is 1.52. The summed E-state index contributed by atoms with van der Waals surface area (Å²) in [5.74, 6) is 0.294. The summed E-state index contributed by atoms with van der Waals surface area (Å²) in [6, 6.07) is 5.03. The zero-order valence-corrected chi connectivity index (χ0v) is 11.7. The van der Waals surface area contributed by atoms with Crippen molar-refractivity contribution in [3.05, 3.63) is 28.8 Å². The van der Waals surface area contributed by atoms with E-state index in [-0.39, 0.29) is 18.9 Å². The molecule has 1 aromatic rings. The molecular formula is C13H18ClNO4. The van der Waals surface area contributed by atoms with Crippen molar-refractivity contribution in [2.24, 2.45) is 0 Å². The Morgan fingerprint density at radius 1 is 1.53 bits per heavy atom. The number of hydrogen-bond donors (Lipinski definition) is 3. The van der Waals surface area contributed by atoms with E-state index in [1.807, 2.05) is 0 Å². The van der Waals surface area contributed by atoms with Crippen LogP contribution in [0.3, 0.4) is 0 Å². The Labute approximate surface area is 117 Å². The number of aliphatic hydroxyl groups is 2. The summed E-state index contributed by atoms with van der Waals surface area (Å²) in [5.41, 5.74) is -0.662. The second-order valence-corrected chi connectivity index (χ2v) is 5.00. The second-order valence-electron chi connectivity index (χ2n) is 4.56. The third-order valence-corrected chi connectivity index (χ3v) is 2.84. The van der Waals surface area contributed by atoms with Crippen LogP contribution in [0.1, 0.15) is 12.5 Å². The van der Waals surface area contributed by atoms with Crippen LogP contribution in [0.25, 0.3) is 0 Å². The first-order chi connectivity index (χ1) is 8.88. The van der Waals surface area contributed by atoms with Crippen LogP contribution in [0.2, 0.25) is 5.02 Å². The Balaban J connectivity index is 2.64. The van der Waals surface area contributed by atoms with E-state index in [1.165, 1.54) is 14.0 Å². The van der Waals surface area contributed by atoms with E-state index in [0.29, 0.717) is 16.3 Å². The number of methoxy groups -OCH3 is 1. The molecule has 0 aromatic heterocycles. The standard InChI is InChI=1S/C13H18ClNO4/c1-13(18,8-16)7-15-12(17)6-9-5-10(14)3-4-11(9)19-2/h3-5,16,18H,6-8H2,1-2H3,(H,15,17). The number of aliphatic hydroxyl groups excluding tert-OH is 1. The molecule has 1 aromatic carbocycles. The molecule has 0 saturated carbocycles. The minimum atomic E-state index is -1.33. The Morgan fingerprint density at radius 3 is 2.79 bits per heavy atom. The van der Waals surface area contributed by atoms with Gasteiger partial charge in [0.25, 0.3) is 0 Å². The first kappa shape index (κ1) is 15.8. The van der Waals surface area contributed by atoms with Gasteiger partial charge in [0.2, 0.25) is 5.91 Å². The predicted molar refractivity (Wildman–Crippen MR) is 72.4 cm³/mol. The van der Waals surface area contributed by atoms with Crippen molar-refractivity contribution in [3.63, 3.8) is 0 Å². The van der Waals surface area contributed by atoms with E-state index in [4.69, 9.17) is 21.4 Å². The quantitative estimate of drug-likeness (QED) is 0.721. The first-order valence-electron chi connectivity index (χ1n) is 5.80. The molecule has 0 radical (unpaired) electrons. The Kier molecular flexibility index (Phi) is 5.60. The van der Waals surface area contributed by atoms with Gasteiger partial charge in [-0.2, -0.15) is 0 Å². The lowest BCUT2D eigenvalue weighted by atomic mass is 10.1. The highest BCUT2D eigenvalue weighted by atomic mass is 35.5. The zero-order chi connectivity index (χ0) is 14.5. The van der Waals surface area contributed by atoms with Crippen LogP contribution < -0.4 is 10.1 Å². The van der Waals surface area contributed by atoms with Gasteiger partial charge in [-0.15, -0.1) is 0 Å². The van der Waals surface area contributed by atoms with E-state index in [1.54, 1.807) is 18.2 Å². The molecule has 0 saturated heterocycles. The monoisotopic (exact) mass is 287 g/mol. The van der Waals surface area contributed by atoms with E-state index in [9.17, 15) is 9.90 Å². The highest BCUT2D eigenvalue weighted by molar-refractivity contribution is 6.30. The molecule has 1 rings (SSSR count). The number of benzene rings is 1. The molecule has 0 aliphatic carbocycles. The smallest absolute Gasteiger partial charge is 0.224 e. The number of nitrogens with one attached hydrogen (secondary N) is 1. The van der Waals surface area contributed by atoms with Gasteiger partial charge in [-0.1, -0.05) is 11.6 Å². The van der Waals surface area contributed by atoms with Crippen LogP contribution in [0, 0.1) is 0 Å².